The number of halogens is 1. The largest absolute Gasteiger partial charge is 0.497 e. The fraction of sp³-hybridized carbons (Fsp3) is 0.0952. The fourth-order valence-corrected chi connectivity index (χ4v) is 3.46. The normalized spacial score (nSPS) is 11.4. The maximum atomic E-state index is 12.3. The Kier molecular flexibility index (Phi) is 6.74. The van der Waals surface area contributed by atoms with Crippen molar-refractivity contribution in [2.45, 2.75) is 11.5 Å². The lowest BCUT2D eigenvalue weighted by Crippen LogP contribution is -2.18. The lowest BCUT2D eigenvalue weighted by atomic mass is 10.2. The van der Waals surface area contributed by atoms with E-state index in [-0.39, 0.29) is 4.90 Å². The molecule has 0 bridgehead atoms. The highest BCUT2D eigenvalue weighted by molar-refractivity contribution is 7.89. The first-order valence-electron chi connectivity index (χ1n) is 8.62. The van der Waals surface area contributed by atoms with Crippen molar-refractivity contribution in [3.63, 3.8) is 0 Å². The first-order valence-corrected chi connectivity index (χ1v) is 10.5. The van der Waals surface area contributed by atoms with Gasteiger partial charge in [0.2, 0.25) is 0 Å². The molecule has 0 unspecified atom stereocenters. The molecule has 0 heterocycles. The second kappa shape index (κ2) is 9.45. The summed E-state index contributed by atoms with van der Waals surface area (Å²) in [7, 11) is -2.25. The third-order valence-corrected chi connectivity index (χ3v) is 5.38. The first-order chi connectivity index (χ1) is 14.0. The molecule has 0 aliphatic rings. The zero-order valence-corrected chi connectivity index (χ0v) is 17.2. The van der Waals surface area contributed by atoms with E-state index in [2.05, 4.69) is 9.93 Å². The number of methoxy groups -OCH3 is 1. The Labute approximate surface area is 174 Å². The minimum absolute atomic E-state index is 0.0917. The second-order valence-electron chi connectivity index (χ2n) is 6.02. The minimum atomic E-state index is -3.76. The number of hydrogen-bond acceptors (Lipinski definition) is 5. The molecule has 0 amide bonds. The Morgan fingerprint density at radius 2 is 1.76 bits per heavy atom. The molecule has 1 N–H and O–H groups in total. The van der Waals surface area contributed by atoms with Crippen LogP contribution in [0, 0.1) is 0 Å². The molecule has 0 aliphatic heterocycles. The Hall–Kier alpha value is -3.03. The second-order valence-corrected chi connectivity index (χ2v) is 8.12. The summed E-state index contributed by atoms with van der Waals surface area (Å²) in [6.07, 6.45) is 1.41. The van der Waals surface area contributed by atoms with E-state index in [0.717, 1.165) is 5.56 Å². The van der Waals surface area contributed by atoms with Crippen LogP contribution < -0.4 is 14.3 Å². The summed E-state index contributed by atoms with van der Waals surface area (Å²) < 4.78 is 35.3. The molecule has 29 heavy (non-hydrogen) atoms. The van der Waals surface area contributed by atoms with Gasteiger partial charge in [0, 0.05) is 5.02 Å². The standard InChI is InChI=1S/C21H19ClN2O4S/c1-27-19-8-10-21(11-9-19)29(25,26)24-23-14-16-4-3-7-20(13-16)28-15-17-5-2-6-18(22)12-17/h2-14,24H,15H2,1H3/b23-14+. The SMILES string of the molecule is COc1ccc(S(=O)(=O)N/N=C/c2cccc(OCc3cccc(Cl)c3)c2)cc1. The van der Waals surface area contributed by atoms with E-state index < -0.39 is 10.0 Å². The van der Waals surface area contributed by atoms with Gasteiger partial charge in [-0.25, -0.2) is 4.83 Å². The molecule has 8 heteroatoms. The van der Waals surface area contributed by atoms with Crippen molar-refractivity contribution in [2.75, 3.05) is 7.11 Å². The van der Waals surface area contributed by atoms with Crippen LogP contribution in [0.3, 0.4) is 0 Å². The first kappa shape index (κ1) is 20.7. The van der Waals surface area contributed by atoms with Crippen LogP contribution in [-0.2, 0) is 16.6 Å². The van der Waals surface area contributed by atoms with Gasteiger partial charge < -0.3 is 9.47 Å². The molecule has 0 aliphatic carbocycles. The average Bonchev–Trinajstić information content (AvgIpc) is 2.72. The number of ether oxygens (including phenoxy) is 2. The van der Waals surface area contributed by atoms with Crippen LogP contribution in [0.5, 0.6) is 11.5 Å². The summed E-state index contributed by atoms with van der Waals surface area (Å²) in [5, 5.41) is 4.49. The minimum Gasteiger partial charge on any atom is -0.497 e. The quantitative estimate of drug-likeness (QED) is 0.428. The molecule has 6 nitrogen and oxygen atoms in total. The summed E-state index contributed by atoms with van der Waals surface area (Å²) in [6.45, 7) is 0.366. The van der Waals surface area contributed by atoms with Gasteiger partial charge in [-0.05, 0) is 59.7 Å². The summed E-state index contributed by atoms with van der Waals surface area (Å²) >= 11 is 5.97. The van der Waals surface area contributed by atoms with Crippen molar-refractivity contribution < 1.29 is 17.9 Å². The van der Waals surface area contributed by atoms with E-state index in [1.807, 2.05) is 24.3 Å². The third kappa shape index (κ3) is 5.97. The van der Waals surface area contributed by atoms with Gasteiger partial charge in [0.25, 0.3) is 10.0 Å². The van der Waals surface area contributed by atoms with Crippen LogP contribution in [0.4, 0.5) is 0 Å². The van der Waals surface area contributed by atoms with Gasteiger partial charge in [-0.15, -0.1) is 0 Å². The van der Waals surface area contributed by atoms with Crippen molar-refractivity contribution >= 4 is 27.8 Å². The lowest BCUT2D eigenvalue weighted by Gasteiger charge is -2.07. The van der Waals surface area contributed by atoms with Crippen LogP contribution in [0.2, 0.25) is 5.02 Å². The van der Waals surface area contributed by atoms with Gasteiger partial charge in [0.1, 0.15) is 18.1 Å². The van der Waals surface area contributed by atoms with Crippen molar-refractivity contribution in [2.24, 2.45) is 5.10 Å². The Bertz CT molecular complexity index is 1100. The van der Waals surface area contributed by atoms with Crippen LogP contribution in [0.1, 0.15) is 11.1 Å². The number of hydrogen-bond donors (Lipinski definition) is 1. The van der Waals surface area contributed by atoms with Crippen LogP contribution >= 0.6 is 11.6 Å². The number of nitrogens with one attached hydrogen (secondary N) is 1. The molecule has 0 spiro atoms. The monoisotopic (exact) mass is 430 g/mol. The molecule has 3 aromatic carbocycles. The van der Waals surface area contributed by atoms with E-state index in [1.54, 1.807) is 36.4 Å². The van der Waals surface area contributed by atoms with Gasteiger partial charge in [-0.2, -0.15) is 13.5 Å². The molecule has 0 saturated heterocycles. The Morgan fingerprint density at radius 3 is 2.48 bits per heavy atom. The van der Waals surface area contributed by atoms with Crippen molar-refractivity contribution in [3.8, 4) is 11.5 Å². The zero-order valence-electron chi connectivity index (χ0n) is 15.6. The van der Waals surface area contributed by atoms with E-state index in [1.165, 1.54) is 25.5 Å². The molecule has 0 atom stereocenters. The lowest BCUT2D eigenvalue weighted by molar-refractivity contribution is 0.306. The predicted molar refractivity (Wildman–Crippen MR) is 113 cm³/mol. The third-order valence-electron chi connectivity index (χ3n) is 3.91. The smallest absolute Gasteiger partial charge is 0.276 e. The summed E-state index contributed by atoms with van der Waals surface area (Å²) in [5.41, 5.74) is 1.63. The molecule has 150 valence electrons. The Morgan fingerprint density at radius 1 is 1.00 bits per heavy atom. The predicted octanol–water partition coefficient (Wildman–Crippen LogP) is 4.24. The van der Waals surface area contributed by atoms with Crippen LogP contribution in [0.15, 0.2) is 82.8 Å². The van der Waals surface area contributed by atoms with Gasteiger partial charge in [0.15, 0.2) is 0 Å². The molecular weight excluding hydrogens is 412 g/mol. The fourth-order valence-electron chi connectivity index (χ4n) is 2.46. The average molecular weight is 431 g/mol. The van der Waals surface area contributed by atoms with Crippen LogP contribution in [-0.4, -0.2) is 21.7 Å². The zero-order chi connectivity index (χ0) is 20.7. The van der Waals surface area contributed by atoms with E-state index >= 15 is 0 Å². The maximum Gasteiger partial charge on any atom is 0.276 e. The highest BCUT2D eigenvalue weighted by Crippen LogP contribution is 2.17. The van der Waals surface area contributed by atoms with Gasteiger partial charge in [-0.3, -0.25) is 0 Å². The number of benzene rings is 3. The summed E-state index contributed by atoms with van der Waals surface area (Å²) in [6, 6.07) is 20.6. The van der Waals surface area contributed by atoms with Gasteiger partial charge in [-0.1, -0.05) is 35.9 Å². The highest BCUT2D eigenvalue weighted by atomic mass is 35.5. The molecule has 3 aromatic rings. The number of rotatable bonds is 8. The molecular formula is C21H19ClN2O4S. The van der Waals surface area contributed by atoms with E-state index in [0.29, 0.717) is 28.7 Å². The maximum absolute atomic E-state index is 12.3. The molecule has 0 radical (unpaired) electrons. The molecule has 0 fully saturated rings. The van der Waals surface area contributed by atoms with Crippen LogP contribution in [0.25, 0.3) is 0 Å². The molecule has 3 rings (SSSR count). The summed E-state index contributed by atoms with van der Waals surface area (Å²) in [4.78, 5) is 2.28. The number of hydrazone groups is 1. The topological polar surface area (TPSA) is 77.0 Å². The van der Waals surface area contributed by atoms with Crippen molar-refractivity contribution in [1.29, 1.82) is 0 Å². The summed E-state index contributed by atoms with van der Waals surface area (Å²) in [5.74, 6) is 1.20. The molecule has 0 aromatic heterocycles. The Balaban J connectivity index is 1.62. The van der Waals surface area contributed by atoms with E-state index in [4.69, 9.17) is 21.1 Å². The number of sulfonamides is 1. The van der Waals surface area contributed by atoms with Gasteiger partial charge >= 0.3 is 0 Å². The van der Waals surface area contributed by atoms with Crippen molar-refractivity contribution in [1.82, 2.24) is 4.83 Å². The number of nitrogens with zero attached hydrogens (tertiary/aromatic N) is 1. The van der Waals surface area contributed by atoms with E-state index in [9.17, 15) is 8.42 Å². The highest BCUT2D eigenvalue weighted by Gasteiger charge is 2.12. The molecule has 0 saturated carbocycles. The van der Waals surface area contributed by atoms with Gasteiger partial charge in [0.05, 0.1) is 18.2 Å². The van der Waals surface area contributed by atoms with Crippen molar-refractivity contribution in [3.05, 3.63) is 88.9 Å².